The fraction of sp³-hybridized carbons (Fsp3) is 0.357. The van der Waals surface area contributed by atoms with Crippen LogP contribution in [-0.2, 0) is 6.42 Å². The van der Waals surface area contributed by atoms with Crippen LogP contribution in [0.1, 0.15) is 32.3 Å². The SMILES string of the molecule is CCN(CC)CCOc1cccc(Nc2nc3cccc(-c4ccc5c(c4)CCCCO5)n3n2)c1. The van der Waals surface area contributed by atoms with Crippen molar-refractivity contribution in [1.82, 2.24) is 19.5 Å². The van der Waals surface area contributed by atoms with Gasteiger partial charge in [-0.25, -0.2) is 4.52 Å². The molecule has 1 aliphatic heterocycles. The van der Waals surface area contributed by atoms with Crippen molar-refractivity contribution in [2.75, 3.05) is 38.2 Å². The number of hydrogen-bond donors (Lipinski definition) is 1. The van der Waals surface area contributed by atoms with Crippen LogP contribution in [0.25, 0.3) is 16.9 Å². The summed E-state index contributed by atoms with van der Waals surface area (Å²) in [6.45, 7) is 8.76. The molecule has 0 saturated carbocycles. The molecule has 35 heavy (non-hydrogen) atoms. The van der Waals surface area contributed by atoms with Crippen LogP contribution in [0.15, 0.2) is 60.7 Å². The van der Waals surface area contributed by atoms with Crippen LogP contribution >= 0.6 is 0 Å². The first-order valence-electron chi connectivity index (χ1n) is 12.6. The number of anilines is 2. The van der Waals surface area contributed by atoms with E-state index in [2.05, 4.69) is 48.3 Å². The highest BCUT2D eigenvalue weighted by molar-refractivity contribution is 5.67. The summed E-state index contributed by atoms with van der Waals surface area (Å²) >= 11 is 0. The number of nitrogens with one attached hydrogen (secondary N) is 1. The topological polar surface area (TPSA) is 63.9 Å². The molecule has 0 fully saturated rings. The Hall–Kier alpha value is -3.58. The quantitative estimate of drug-likeness (QED) is 0.344. The second-order valence-corrected chi connectivity index (χ2v) is 8.77. The number of aromatic nitrogens is 3. The van der Waals surface area contributed by atoms with E-state index >= 15 is 0 Å². The predicted octanol–water partition coefficient (Wildman–Crippen LogP) is 5.58. The van der Waals surface area contributed by atoms with E-state index in [0.29, 0.717) is 12.6 Å². The number of likely N-dealkylation sites (N-methyl/N-ethyl adjacent to an activating group) is 1. The number of fused-ring (bicyclic) bond motifs is 2. The summed E-state index contributed by atoms with van der Waals surface area (Å²) in [5.74, 6) is 2.38. The second-order valence-electron chi connectivity index (χ2n) is 8.77. The highest BCUT2D eigenvalue weighted by Crippen LogP contribution is 2.30. The Labute approximate surface area is 206 Å². The van der Waals surface area contributed by atoms with Gasteiger partial charge in [0.25, 0.3) is 0 Å². The van der Waals surface area contributed by atoms with Crippen LogP contribution in [-0.4, -0.2) is 52.3 Å². The van der Waals surface area contributed by atoms with Crippen molar-refractivity contribution in [3.63, 3.8) is 0 Å². The third kappa shape index (κ3) is 5.41. The lowest BCUT2D eigenvalue weighted by Gasteiger charge is -2.18. The Balaban J connectivity index is 1.34. The Morgan fingerprint density at radius 1 is 1.03 bits per heavy atom. The van der Waals surface area contributed by atoms with E-state index in [1.54, 1.807) is 0 Å². The minimum Gasteiger partial charge on any atom is -0.493 e. The van der Waals surface area contributed by atoms with E-state index < -0.39 is 0 Å². The van der Waals surface area contributed by atoms with Crippen LogP contribution in [0.3, 0.4) is 0 Å². The van der Waals surface area contributed by atoms with Gasteiger partial charge in [-0.1, -0.05) is 26.0 Å². The lowest BCUT2D eigenvalue weighted by Crippen LogP contribution is -2.27. The van der Waals surface area contributed by atoms with Gasteiger partial charge in [0.1, 0.15) is 18.1 Å². The van der Waals surface area contributed by atoms with Gasteiger partial charge in [-0.2, -0.15) is 4.98 Å². The number of hydrogen-bond acceptors (Lipinski definition) is 6. The molecule has 0 radical (unpaired) electrons. The number of nitrogens with zero attached hydrogens (tertiary/aromatic N) is 4. The Morgan fingerprint density at radius 3 is 2.80 bits per heavy atom. The van der Waals surface area contributed by atoms with Gasteiger partial charge in [0.15, 0.2) is 5.65 Å². The Bertz CT molecular complexity index is 1280. The molecule has 0 atom stereocenters. The number of aryl methyl sites for hydroxylation is 1. The number of benzene rings is 2. The molecule has 7 heteroatoms. The number of rotatable bonds is 9. The first kappa shape index (κ1) is 23.2. The van der Waals surface area contributed by atoms with Crippen molar-refractivity contribution in [3.05, 3.63) is 66.2 Å². The Morgan fingerprint density at radius 2 is 1.91 bits per heavy atom. The van der Waals surface area contributed by atoms with Crippen molar-refractivity contribution in [2.45, 2.75) is 33.1 Å². The zero-order chi connectivity index (χ0) is 24.0. The summed E-state index contributed by atoms with van der Waals surface area (Å²) in [5.41, 5.74) is 5.06. The van der Waals surface area contributed by atoms with E-state index in [1.807, 2.05) is 40.9 Å². The molecule has 182 valence electrons. The average Bonchev–Trinajstić information content (AvgIpc) is 3.14. The molecule has 0 unspecified atom stereocenters. The number of pyridine rings is 1. The fourth-order valence-electron chi connectivity index (χ4n) is 4.48. The van der Waals surface area contributed by atoms with Crippen LogP contribution in [0.2, 0.25) is 0 Å². The minimum atomic E-state index is 0.552. The van der Waals surface area contributed by atoms with Crippen LogP contribution in [0.5, 0.6) is 11.5 Å². The molecule has 4 aromatic rings. The van der Waals surface area contributed by atoms with Gasteiger partial charge in [-0.3, -0.25) is 0 Å². The first-order chi connectivity index (χ1) is 17.2. The normalized spacial score (nSPS) is 13.3. The van der Waals surface area contributed by atoms with E-state index in [9.17, 15) is 0 Å². The van der Waals surface area contributed by atoms with Gasteiger partial charge in [-0.05, 0) is 80.4 Å². The fourth-order valence-corrected chi connectivity index (χ4v) is 4.48. The third-order valence-corrected chi connectivity index (χ3v) is 6.47. The van der Waals surface area contributed by atoms with E-state index in [1.165, 1.54) is 5.56 Å². The Kier molecular flexibility index (Phi) is 7.14. The zero-order valence-corrected chi connectivity index (χ0v) is 20.5. The summed E-state index contributed by atoms with van der Waals surface area (Å²) in [5, 5.41) is 8.11. The number of ether oxygens (including phenoxy) is 2. The second kappa shape index (κ2) is 10.8. The lowest BCUT2D eigenvalue weighted by molar-refractivity contribution is 0.223. The van der Waals surface area contributed by atoms with E-state index in [-0.39, 0.29) is 0 Å². The molecule has 2 aromatic carbocycles. The van der Waals surface area contributed by atoms with Crippen LogP contribution < -0.4 is 14.8 Å². The summed E-state index contributed by atoms with van der Waals surface area (Å²) in [4.78, 5) is 7.05. The van der Waals surface area contributed by atoms with Gasteiger partial charge in [-0.15, -0.1) is 5.10 Å². The van der Waals surface area contributed by atoms with Gasteiger partial charge >= 0.3 is 0 Å². The highest BCUT2D eigenvalue weighted by atomic mass is 16.5. The first-order valence-corrected chi connectivity index (χ1v) is 12.6. The summed E-state index contributed by atoms with van der Waals surface area (Å²) in [6.07, 6.45) is 3.28. The molecular weight excluding hydrogens is 438 g/mol. The molecule has 0 amide bonds. The molecule has 7 nitrogen and oxygen atoms in total. The molecule has 5 rings (SSSR count). The smallest absolute Gasteiger partial charge is 0.247 e. The van der Waals surface area contributed by atoms with Crippen molar-refractivity contribution in [3.8, 4) is 22.8 Å². The maximum atomic E-state index is 5.97. The van der Waals surface area contributed by atoms with E-state index in [0.717, 1.165) is 79.6 Å². The maximum absolute atomic E-state index is 5.97. The third-order valence-electron chi connectivity index (χ3n) is 6.47. The molecule has 1 N–H and O–H groups in total. The summed E-state index contributed by atoms with van der Waals surface area (Å²) in [6, 6.07) is 20.4. The van der Waals surface area contributed by atoms with Gasteiger partial charge in [0.05, 0.1) is 12.3 Å². The lowest BCUT2D eigenvalue weighted by atomic mass is 10.0. The van der Waals surface area contributed by atoms with Crippen molar-refractivity contribution in [2.24, 2.45) is 0 Å². The predicted molar refractivity (Wildman–Crippen MR) is 140 cm³/mol. The van der Waals surface area contributed by atoms with Gasteiger partial charge in [0.2, 0.25) is 5.95 Å². The monoisotopic (exact) mass is 471 g/mol. The van der Waals surface area contributed by atoms with Crippen LogP contribution in [0.4, 0.5) is 11.6 Å². The molecule has 0 bridgehead atoms. The van der Waals surface area contributed by atoms with Crippen molar-refractivity contribution < 1.29 is 9.47 Å². The van der Waals surface area contributed by atoms with Gasteiger partial charge < -0.3 is 19.7 Å². The van der Waals surface area contributed by atoms with Crippen LogP contribution in [0, 0.1) is 0 Å². The molecule has 0 spiro atoms. The molecule has 0 saturated heterocycles. The van der Waals surface area contributed by atoms with Crippen molar-refractivity contribution in [1.29, 1.82) is 0 Å². The highest BCUT2D eigenvalue weighted by Gasteiger charge is 2.14. The molecular formula is C28H33N5O2. The standard InChI is InChI=1S/C28H33N5O2/c1-3-32(4-2)16-18-34-24-11-7-10-23(20-24)29-28-30-27-13-8-12-25(33(27)31-28)21-14-15-26-22(19-21)9-5-6-17-35-26/h7-8,10-15,19-20H,3-6,9,16-18H2,1-2H3,(H,29,31). The molecule has 3 heterocycles. The van der Waals surface area contributed by atoms with Gasteiger partial charge in [0, 0.05) is 23.9 Å². The van der Waals surface area contributed by atoms with E-state index in [4.69, 9.17) is 19.6 Å². The molecule has 1 aliphatic rings. The molecule has 0 aliphatic carbocycles. The zero-order valence-electron chi connectivity index (χ0n) is 20.5. The summed E-state index contributed by atoms with van der Waals surface area (Å²) < 4.78 is 13.8. The average molecular weight is 472 g/mol. The minimum absolute atomic E-state index is 0.552. The van der Waals surface area contributed by atoms with Crippen molar-refractivity contribution >= 4 is 17.3 Å². The summed E-state index contributed by atoms with van der Waals surface area (Å²) in [7, 11) is 0. The largest absolute Gasteiger partial charge is 0.493 e. The maximum Gasteiger partial charge on any atom is 0.247 e. The molecule has 2 aromatic heterocycles.